The smallest absolute Gasteiger partial charge is 0.139 e. The summed E-state index contributed by atoms with van der Waals surface area (Å²) in [6, 6.07) is 32.1. The molecule has 1 aliphatic rings. The number of ether oxygens (including phenoxy) is 3. The van der Waals surface area contributed by atoms with E-state index in [-0.39, 0.29) is 5.16 Å². The molecular weight excluding hydrogens is 427 g/mol. The highest BCUT2D eigenvalue weighted by Crippen LogP contribution is 2.57. The standard InChI is InChI=1S/C29H27O3P/c1-29(2,3)33-20-30-26-19-10-16-23(28(26)33)27-24(31-21-12-6-4-7-13-21)17-11-18-25(27)32-22-14-8-5-9-15-22/h4-19H,20H2,1-3H3/t33-/m1/s1. The van der Waals surface area contributed by atoms with Crippen molar-refractivity contribution in [3.63, 3.8) is 0 Å². The van der Waals surface area contributed by atoms with Gasteiger partial charge in [-0.15, -0.1) is 0 Å². The summed E-state index contributed by atoms with van der Waals surface area (Å²) >= 11 is 0. The van der Waals surface area contributed by atoms with E-state index in [0.29, 0.717) is 0 Å². The van der Waals surface area contributed by atoms with Gasteiger partial charge in [0.1, 0.15) is 35.1 Å². The van der Waals surface area contributed by atoms with Crippen molar-refractivity contribution in [3.05, 3.63) is 97.1 Å². The summed E-state index contributed by atoms with van der Waals surface area (Å²) in [5, 5.41) is 1.40. The predicted octanol–water partition coefficient (Wildman–Crippen LogP) is 8.19. The van der Waals surface area contributed by atoms with Crippen molar-refractivity contribution in [2.24, 2.45) is 0 Å². The van der Waals surface area contributed by atoms with Gasteiger partial charge in [-0.3, -0.25) is 0 Å². The first-order chi connectivity index (χ1) is 16.0. The molecule has 0 amide bonds. The van der Waals surface area contributed by atoms with Crippen LogP contribution in [0.15, 0.2) is 97.1 Å². The van der Waals surface area contributed by atoms with Gasteiger partial charge in [0.25, 0.3) is 0 Å². The van der Waals surface area contributed by atoms with Crippen molar-refractivity contribution < 1.29 is 14.2 Å². The van der Waals surface area contributed by atoms with E-state index in [1.165, 1.54) is 5.30 Å². The van der Waals surface area contributed by atoms with Gasteiger partial charge in [-0.1, -0.05) is 75.4 Å². The van der Waals surface area contributed by atoms with Crippen LogP contribution in [0, 0.1) is 0 Å². The summed E-state index contributed by atoms with van der Waals surface area (Å²) in [4.78, 5) is 0. The zero-order chi connectivity index (χ0) is 22.8. The molecule has 33 heavy (non-hydrogen) atoms. The highest BCUT2D eigenvalue weighted by atomic mass is 31.1. The number of rotatable bonds is 5. The Labute approximate surface area is 196 Å². The quantitative estimate of drug-likeness (QED) is 0.285. The maximum atomic E-state index is 6.41. The first-order valence-corrected chi connectivity index (χ1v) is 12.7. The molecule has 0 N–H and O–H groups in total. The van der Waals surface area contributed by atoms with Crippen molar-refractivity contribution in [2.45, 2.75) is 25.9 Å². The van der Waals surface area contributed by atoms with Crippen LogP contribution in [0.5, 0.6) is 28.7 Å². The average Bonchev–Trinajstić information content (AvgIpc) is 3.26. The zero-order valence-corrected chi connectivity index (χ0v) is 20.0. The lowest BCUT2D eigenvalue weighted by atomic mass is 10.0. The molecule has 1 heterocycles. The fourth-order valence-electron chi connectivity index (χ4n) is 4.02. The molecule has 0 fully saturated rings. The lowest BCUT2D eigenvalue weighted by Gasteiger charge is -2.28. The van der Waals surface area contributed by atoms with Crippen LogP contribution in [-0.4, -0.2) is 11.5 Å². The number of para-hydroxylation sites is 2. The minimum Gasteiger partial charge on any atom is -0.488 e. The van der Waals surface area contributed by atoms with Gasteiger partial charge in [-0.2, -0.15) is 0 Å². The molecule has 4 heteroatoms. The van der Waals surface area contributed by atoms with Crippen LogP contribution < -0.4 is 19.5 Å². The van der Waals surface area contributed by atoms with E-state index in [1.807, 2.05) is 78.9 Å². The summed E-state index contributed by atoms with van der Waals surface area (Å²) in [6.45, 7) is 6.88. The van der Waals surface area contributed by atoms with Gasteiger partial charge in [0.2, 0.25) is 0 Å². The third-order valence-electron chi connectivity index (χ3n) is 5.63. The molecule has 0 saturated heterocycles. The number of hydrogen-bond acceptors (Lipinski definition) is 3. The molecule has 1 atom stereocenters. The van der Waals surface area contributed by atoms with Gasteiger partial charge >= 0.3 is 0 Å². The average molecular weight is 455 g/mol. The van der Waals surface area contributed by atoms with Gasteiger partial charge in [0.05, 0.1) is 5.56 Å². The largest absolute Gasteiger partial charge is 0.488 e. The Morgan fingerprint density at radius 3 is 1.76 bits per heavy atom. The van der Waals surface area contributed by atoms with Crippen molar-refractivity contribution in [1.29, 1.82) is 0 Å². The Hall–Kier alpha value is -3.29. The van der Waals surface area contributed by atoms with Crippen LogP contribution in [0.1, 0.15) is 20.8 Å². The second-order valence-electron chi connectivity index (χ2n) is 8.98. The number of benzene rings is 4. The lowest BCUT2D eigenvalue weighted by Crippen LogP contribution is -2.19. The summed E-state index contributed by atoms with van der Waals surface area (Å²) in [6.07, 6.45) is 0.738. The molecule has 5 rings (SSSR count). The van der Waals surface area contributed by atoms with Crippen molar-refractivity contribution >= 4 is 13.2 Å². The van der Waals surface area contributed by atoms with Crippen molar-refractivity contribution in [3.8, 4) is 39.9 Å². The molecule has 1 aliphatic heterocycles. The van der Waals surface area contributed by atoms with E-state index in [2.05, 4.69) is 39.0 Å². The summed E-state index contributed by atoms with van der Waals surface area (Å²) in [7, 11) is -0.523. The van der Waals surface area contributed by atoms with Crippen LogP contribution in [-0.2, 0) is 0 Å². The van der Waals surface area contributed by atoms with Gasteiger partial charge < -0.3 is 14.2 Å². The fraction of sp³-hybridized carbons (Fsp3) is 0.172. The molecule has 166 valence electrons. The van der Waals surface area contributed by atoms with Gasteiger partial charge in [-0.05, 0) is 55.5 Å². The maximum absolute atomic E-state index is 6.41. The second kappa shape index (κ2) is 8.92. The Morgan fingerprint density at radius 2 is 1.21 bits per heavy atom. The third-order valence-corrected chi connectivity index (χ3v) is 8.64. The first-order valence-electron chi connectivity index (χ1n) is 11.1. The minimum atomic E-state index is -0.523. The molecule has 0 spiro atoms. The Morgan fingerprint density at radius 1 is 0.667 bits per heavy atom. The summed E-state index contributed by atoms with van der Waals surface area (Å²) < 4.78 is 19.0. The highest BCUT2D eigenvalue weighted by molar-refractivity contribution is 7.67. The Balaban J connectivity index is 1.70. The van der Waals surface area contributed by atoms with Gasteiger partial charge in [0, 0.05) is 10.9 Å². The van der Waals surface area contributed by atoms with Crippen molar-refractivity contribution in [1.82, 2.24) is 0 Å². The molecular formula is C29H27O3P. The molecule has 4 aromatic rings. The number of hydrogen-bond donors (Lipinski definition) is 0. The lowest BCUT2D eigenvalue weighted by molar-refractivity contribution is 0.400. The van der Waals surface area contributed by atoms with E-state index in [1.54, 1.807) is 0 Å². The molecule has 0 aromatic heterocycles. The molecule has 0 radical (unpaired) electrons. The molecule has 0 unspecified atom stereocenters. The second-order valence-corrected chi connectivity index (χ2v) is 11.9. The normalized spacial score (nSPS) is 14.9. The van der Waals surface area contributed by atoms with E-state index < -0.39 is 7.92 Å². The van der Waals surface area contributed by atoms with Crippen molar-refractivity contribution in [2.75, 3.05) is 6.35 Å². The highest BCUT2D eigenvalue weighted by Gasteiger charge is 2.36. The maximum Gasteiger partial charge on any atom is 0.139 e. The monoisotopic (exact) mass is 454 g/mol. The molecule has 0 aliphatic carbocycles. The van der Waals surface area contributed by atoms with Crippen LogP contribution in [0.2, 0.25) is 0 Å². The zero-order valence-electron chi connectivity index (χ0n) is 19.1. The van der Waals surface area contributed by atoms with E-state index >= 15 is 0 Å². The topological polar surface area (TPSA) is 27.7 Å². The third kappa shape index (κ3) is 4.47. The van der Waals surface area contributed by atoms with Gasteiger partial charge in [-0.25, -0.2) is 0 Å². The first kappa shape index (κ1) is 21.6. The van der Waals surface area contributed by atoms with Crippen LogP contribution >= 0.6 is 7.92 Å². The van der Waals surface area contributed by atoms with Gasteiger partial charge in [0.15, 0.2) is 0 Å². The number of fused-ring (bicyclic) bond motifs is 1. The minimum absolute atomic E-state index is 0.117. The SMILES string of the molecule is CC(C)(C)[P@]1COc2cccc(-c3c(Oc4ccccc4)cccc3Oc3ccccc3)c21. The predicted molar refractivity (Wildman–Crippen MR) is 137 cm³/mol. The van der Waals surface area contributed by atoms with Crippen LogP contribution in [0.3, 0.4) is 0 Å². The van der Waals surface area contributed by atoms with E-state index in [9.17, 15) is 0 Å². The van der Waals surface area contributed by atoms with Crippen LogP contribution in [0.4, 0.5) is 0 Å². The van der Waals surface area contributed by atoms with E-state index in [4.69, 9.17) is 14.2 Å². The summed E-state index contributed by atoms with van der Waals surface area (Å²) in [5.74, 6) is 4.07. The Kier molecular flexibility index (Phi) is 5.83. The fourth-order valence-corrected chi connectivity index (χ4v) is 6.36. The molecule has 0 bridgehead atoms. The van der Waals surface area contributed by atoms with Crippen LogP contribution in [0.25, 0.3) is 11.1 Å². The Bertz CT molecular complexity index is 1190. The molecule has 0 saturated carbocycles. The summed E-state index contributed by atoms with van der Waals surface area (Å²) in [5.41, 5.74) is 2.06. The molecule has 4 aromatic carbocycles. The van der Waals surface area contributed by atoms with E-state index in [0.717, 1.165) is 46.2 Å². The molecule has 3 nitrogen and oxygen atoms in total.